The van der Waals surface area contributed by atoms with Crippen LogP contribution in [0.4, 0.5) is 0 Å². The van der Waals surface area contributed by atoms with Crippen molar-refractivity contribution in [2.75, 3.05) is 46.4 Å². The second kappa shape index (κ2) is 9.14. The number of carbonyl (C=O) groups is 3. The maximum atomic E-state index is 12.8. The lowest BCUT2D eigenvalue weighted by Gasteiger charge is -2.34. The van der Waals surface area contributed by atoms with Crippen molar-refractivity contribution in [3.63, 3.8) is 0 Å². The Hall–Kier alpha value is -3.20. The van der Waals surface area contributed by atoms with Gasteiger partial charge in [0.05, 0.1) is 24.0 Å². The van der Waals surface area contributed by atoms with Crippen LogP contribution in [0.3, 0.4) is 0 Å². The van der Waals surface area contributed by atoms with Gasteiger partial charge in [0.2, 0.25) is 0 Å². The number of rotatable bonds is 6. The SMILES string of the molecule is COCCNC(=O)c1cncc(C(=O)N2CCN(C(=O)c3ccco3)CC2)c1. The van der Waals surface area contributed by atoms with Crippen molar-refractivity contribution in [1.82, 2.24) is 20.1 Å². The van der Waals surface area contributed by atoms with E-state index in [-0.39, 0.29) is 23.5 Å². The van der Waals surface area contributed by atoms with Crippen LogP contribution in [0.25, 0.3) is 0 Å². The number of piperazine rings is 1. The zero-order valence-electron chi connectivity index (χ0n) is 15.6. The molecule has 0 saturated carbocycles. The van der Waals surface area contributed by atoms with Crippen LogP contribution in [0.5, 0.6) is 0 Å². The van der Waals surface area contributed by atoms with E-state index in [9.17, 15) is 14.4 Å². The summed E-state index contributed by atoms with van der Waals surface area (Å²) < 4.78 is 10.0. The average Bonchev–Trinajstić information content (AvgIpc) is 3.28. The molecule has 1 aliphatic heterocycles. The van der Waals surface area contributed by atoms with Gasteiger partial charge in [-0.05, 0) is 18.2 Å². The fraction of sp³-hybridized carbons (Fsp3) is 0.368. The number of hydrogen-bond acceptors (Lipinski definition) is 6. The number of hydrogen-bond donors (Lipinski definition) is 1. The molecule has 148 valence electrons. The van der Waals surface area contributed by atoms with E-state index >= 15 is 0 Å². The summed E-state index contributed by atoms with van der Waals surface area (Å²) in [5.74, 6) is -0.429. The van der Waals surface area contributed by atoms with Crippen molar-refractivity contribution in [1.29, 1.82) is 0 Å². The Morgan fingerprint density at radius 1 is 1.11 bits per heavy atom. The van der Waals surface area contributed by atoms with E-state index in [0.717, 1.165) is 0 Å². The summed E-state index contributed by atoms with van der Waals surface area (Å²) in [7, 11) is 1.55. The molecule has 1 N–H and O–H groups in total. The van der Waals surface area contributed by atoms with Gasteiger partial charge < -0.3 is 24.3 Å². The van der Waals surface area contributed by atoms with E-state index in [4.69, 9.17) is 9.15 Å². The number of pyridine rings is 1. The number of carbonyl (C=O) groups excluding carboxylic acids is 3. The van der Waals surface area contributed by atoms with E-state index in [1.165, 1.54) is 24.7 Å². The third-order valence-corrected chi connectivity index (χ3v) is 4.43. The molecular weight excluding hydrogens is 364 g/mol. The van der Waals surface area contributed by atoms with Gasteiger partial charge in [-0.1, -0.05) is 0 Å². The van der Waals surface area contributed by atoms with Crippen LogP contribution in [-0.2, 0) is 4.74 Å². The first kappa shape index (κ1) is 19.6. The van der Waals surface area contributed by atoms with Crippen molar-refractivity contribution < 1.29 is 23.5 Å². The molecule has 28 heavy (non-hydrogen) atoms. The lowest BCUT2D eigenvalue weighted by molar-refractivity contribution is 0.0518. The van der Waals surface area contributed by atoms with E-state index in [1.54, 1.807) is 29.0 Å². The first-order valence-corrected chi connectivity index (χ1v) is 8.94. The van der Waals surface area contributed by atoms with Gasteiger partial charge in [0.1, 0.15) is 0 Å². The Balaban J connectivity index is 1.58. The first-order valence-electron chi connectivity index (χ1n) is 8.94. The second-order valence-electron chi connectivity index (χ2n) is 6.27. The molecule has 0 aromatic carbocycles. The highest BCUT2D eigenvalue weighted by atomic mass is 16.5. The fourth-order valence-electron chi connectivity index (χ4n) is 2.90. The minimum Gasteiger partial charge on any atom is -0.459 e. The second-order valence-corrected chi connectivity index (χ2v) is 6.27. The molecule has 0 spiro atoms. The van der Waals surface area contributed by atoms with Gasteiger partial charge in [-0.15, -0.1) is 0 Å². The zero-order valence-corrected chi connectivity index (χ0v) is 15.6. The van der Waals surface area contributed by atoms with Crippen LogP contribution < -0.4 is 5.32 Å². The lowest BCUT2D eigenvalue weighted by Crippen LogP contribution is -2.50. The molecule has 3 rings (SSSR count). The molecule has 9 heteroatoms. The first-order chi connectivity index (χ1) is 13.6. The van der Waals surface area contributed by atoms with E-state index in [1.807, 2.05) is 0 Å². The number of aromatic nitrogens is 1. The highest BCUT2D eigenvalue weighted by Crippen LogP contribution is 2.13. The topological polar surface area (TPSA) is 105 Å². The number of nitrogens with one attached hydrogen (secondary N) is 1. The number of amides is 3. The zero-order chi connectivity index (χ0) is 19.9. The van der Waals surface area contributed by atoms with Crippen molar-refractivity contribution in [2.45, 2.75) is 0 Å². The molecule has 1 fully saturated rings. The minimum atomic E-state index is -0.312. The Labute approximate surface area is 162 Å². The summed E-state index contributed by atoms with van der Waals surface area (Å²) in [5, 5.41) is 2.70. The summed E-state index contributed by atoms with van der Waals surface area (Å²) in [4.78, 5) is 44.5. The van der Waals surface area contributed by atoms with Gasteiger partial charge in [-0.3, -0.25) is 19.4 Å². The quantitative estimate of drug-likeness (QED) is 0.731. The van der Waals surface area contributed by atoms with Gasteiger partial charge in [0, 0.05) is 52.2 Å². The largest absolute Gasteiger partial charge is 0.459 e. The molecule has 0 unspecified atom stereocenters. The van der Waals surface area contributed by atoms with Gasteiger partial charge in [-0.2, -0.15) is 0 Å². The molecule has 0 atom stereocenters. The molecule has 2 aromatic heterocycles. The molecule has 0 radical (unpaired) electrons. The summed E-state index contributed by atoms with van der Waals surface area (Å²) in [6.07, 6.45) is 4.31. The van der Waals surface area contributed by atoms with Gasteiger partial charge >= 0.3 is 0 Å². The molecule has 3 heterocycles. The van der Waals surface area contributed by atoms with E-state index < -0.39 is 0 Å². The fourth-order valence-corrected chi connectivity index (χ4v) is 2.90. The predicted molar refractivity (Wildman–Crippen MR) is 99.0 cm³/mol. The minimum absolute atomic E-state index is 0.187. The van der Waals surface area contributed by atoms with Crippen LogP contribution in [0, 0.1) is 0 Å². The van der Waals surface area contributed by atoms with E-state index in [0.29, 0.717) is 50.5 Å². The van der Waals surface area contributed by atoms with Gasteiger partial charge in [0.15, 0.2) is 5.76 Å². The highest BCUT2D eigenvalue weighted by Gasteiger charge is 2.27. The standard InChI is InChI=1S/C19H22N4O5/c1-27-10-4-21-17(24)14-11-15(13-20-12-14)18(25)22-5-7-23(8-6-22)19(26)16-3-2-9-28-16/h2-3,9,11-13H,4-8,10H2,1H3,(H,21,24). The predicted octanol–water partition coefficient (Wildman–Crippen LogP) is 0.649. The Morgan fingerprint density at radius 2 is 1.79 bits per heavy atom. The normalized spacial score (nSPS) is 14.0. The Bertz CT molecular complexity index is 829. The van der Waals surface area contributed by atoms with Gasteiger partial charge in [-0.25, -0.2) is 0 Å². The highest BCUT2D eigenvalue weighted by molar-refractivity contribution is 5.99. The van der Waals surface area contributed by atoms with Crippen LogP contribution in [-0.4, -0.2) is 78.9 Å². The smallest absolute Gasteiger partial charge is 0.289 e. The van der Waals surface area contributed by atoms with Crippen molar-refractivity contribution in [3.8, 4) is 0 Å². The summed E-state index contributed by atoms with van der Waals surface area (Å²) >= 11 is 0. The van der Waals surface area contributed by atoms with E-state index in [2.05, 4.69) is 10.3 Å². The molecule has 1 aliphatic rings. The third kappa shape index (κ3) is 4.55. The maximum Gasteiger partial charge on any atom is 0.289 e. The summed E-state index contributed by atoms with van der Waals surface area (Å²) in [5.41, 5.74) is 0.652. The summed E-state index contributed by atoms with van der Waals surface area (Å²) in [6.45, 7) is 2.40. The number of ether oxygens (including phenoxy) is 1. The number of furan rings is 1. The van der Waals surface area contributed by atoms with Crippen molar-refractivity contribution in [2.24, 2.45) is 0 Å². The molecule has 1 saturated heterocycles. The van der Waals surface area contributed by atoms with Crippen LogP contribution in [0.15, 0.2) is 41.3 Å². The van der Waals surface area contributed by atoms with Crippen LogP contribution >= 0.6 is 0 Å². The molecule has 0 bridgehead atoms. The summed E-state index contributed by atoms with van der Waals surface area (Å²) in [6, 6.07) is 4.81. The maximum absolute atomic E-state index is 12.8. The monoisotopic (exact) mass is 386 g/mol. The Kier molecular flexibility index (Phi) is 6.38. The van der Waals surface area contributed by atoms with Crippen molar-refractivity contribution >= 4 is 17.7 Å². The van der Waals surface area contributed by atoms with Crippen molar-refractivity contribution in [3.05, 3.63) is 53.7 Å². The Morgan fingerprint density at radius 3 is 2.43 bits per heavy atom. The molecule has 0 aliphatic carbocycles. The molecule has 3 amide bonds. The van der Waals surface area contributed by atoms with Gasteiger partial charge in [0.25, 0.3) is 17.7 Å². The van der Waals surface area contributed by atoms with Crippen LogP contribution in [0.2, 0.25) is 0 Å². The molecule has 9 nitrogen and oxygen atoms in total. The molecular formula is C19H22N4O5. The lowest BCUT2D eigenvalue weighted by atomic mass is 10.1. The van der Waals surface area contributed by atoms with Crippen LogP contribution in [0.1, 0.15) is 31.3 Å². The number of nitrogens with zero attached hydrogens (tertiary/aromatic N) is 3. The molecule has 2 aromatic rings. The third-order valence-electron chi connectivity index (χ3n) is 4.43. The average molecular weight is 386 g/mol. The number of methoxy groups -OCH3 is 1.